The first kappa shape index (κ1) is 23.1. The van der Waals surface area contributed by atoms with Crippen LogP contribution in [0.3, 0.4) is 0 Å². The summed E-state index contributed by atoms with van der Waals surface area (Å²) in [7, 11) is 0. The van der Waals surface area contributed by atoms with Crippen LogP contribution in [0.25, 0.3) is 0 Å². The molecule has 182 valence electrons. The van der Waals surface area contributed by atoms with Crippen molar-refractivity contribution < 1.29 is 23.9 Å². The van der Waals surface area contributed by atoms with E-state index in [0.717, 1.165) is 11.1 Å². The van der Waals surface area contributed by atoms with E-state index in [1.165, 1.54) is 5.01 Å². The van der Waals surface area contributed by atoms with E-state index in [1.54, 1.807) is 42.5 Å². The average molecular weight is 485 g/mol. The van der Waals surface area contributed by atoms with Crippen LogP contribution >= 0.6 is 0 Å². The summed E-state index contributed by atoms with van der Waals surface area (Å²) in [5.41, 5.74) is 3.86. The van der Waals surface area contributed by atoms with E-state index in [0.29, 0.717) is 28.6 Å². The summed E-state index contributed by atoms with van der Waals surface area (Å²) >= 11 is 0. The first-order valence-electron chi connectivity index (χ1n) is 11.5. The number of anilines is 3. The predicted molar refractivity (Wildman–Crippen MR) is 136 cm³/mol. The Balaban J connectivity index is 1.35. The molecular formula is C27H24N4O5. The van der Waals surface area contributed by atoms with Crippen LogP contribution < -0.4 is 25.1 Å². The number of hydrazone groups is 1. The second-order valence-corrected chi connectivity index (χ2v) is 8.56. The minimum absolute atomic E-state index is 0.137. The van der Waals surface area contributed by atoms with Crippen LogP contribution in [0.2, 0.25) is 0 Å². The van der Waals surface area contributed by atoms with Crippen molar-refractivity contribution in [3.63, 3.8) is 0 Å². The lowest BCUT2D eigenvalue weighted by atomic mass is 10.1. The third kappa shape index (κ3) is 4.63. The maximum Gasteiger partial charge on any atom is 0.271 e. The van der Waals surface area contributed by atoms with Gasteiger partial charge < -0.3 is 20.1 Å². The molecule has 0 saturated carbocycles. The molecule has 9 heteroatoms. The molecule has 0 bridgehead atoms. The van der Waals surface area contributed by atoms with E-state index in [1.807, 2.05) is 32.0 Å². The van der Waals surface area contributed by atoms with Gasteiger partial charge in [-0.2, -0.15) is 5.10 Å². The van der Waals surface area contributed by atoms with E-state index in [2.05, 4.69) is 15.7 Å². The number of nitrogens with zero attached hydrogens (tertiary/aromatic N) is 2. The van der Waals surface area contributed by atoms with Crippen molar-refractivity contribution in [1.82, 2.24) is 0 Å². The van der Waals surface area contributed by atoms with Gasteiger partial charge in [-0.05, 0) is 55.3 Å². The number of fused-ring (bicyclic) bond motifs is 1. The number of hydrogen-bond acceptors (Lipinski definition) is 6. The number of carbonyl (C=O) groups excluding carboxylic acids is 3. The van der Waals surface area contributed by atoms with E-state index in [4.69, 9.17) is 9.47 Å². The third-order valence-electron chi connectivity index (χ3n) is 5.94. The third-order valence-corrected chi connectivity index (χ3v) is 5.94. The summed E-state index contributed by atoms with van der Waals surface area (Å²) in [6.45, 7) is 3.96. The zero-order chi connectivity index (χ0) is 25.2. The molecule has 2 N–H and O–H groups in total. The lowest BCUT2D eigenvalue weighted by Gasteiger charge is -2.25. The Morgan fingerprint density at radius 2 is 1.69 bits per heavy atom. The van der Waals surface area contributed by atoms with Crippen molar-refractivity contribution in [2.24, 2.45) is 5.10 Å². The lowest BCUT2D eigenvalue weighted by Crippen LogP contribution is -2.37. The maximum atomic E-state index is 13.1. The van der Waals surface area contributed by atoms with Crippen molar-refractivity contribution >= 4 is 40.5 Å². The Kier molecular flexibility index (Phi) is 6.12. The highest BCUT2D eigenvalue weighted by molar-refractivity contribution is 6.44. The van der Waals surface area contributed by atoms with E-state index < -0.39 is 11.8 Å². The molecule has 5 rings (SSSR count). The predicted octanol–water partition coefficient (Wildman–Crippen LogP) is 4.41. The molecular weight excluding hydrogens is 460 g/mol. The largest absolute Gasteiger partial charge is 0.454 e. The van der Waals surface area contributed by atoms with Crippen LogP contribution in [0.5, 0.6) is 11.5 Å². The second-order valence-electron chi connectivity index (χ2n) is 8.56. The summed E-state index contributed by atoms with van der Waals surface area (Å²) < 4.78 is 10.7. The molecule has 3 amide bonds. The van der Waals surface area contributed by atoms with Gasteiger partial charge in [0, 0.05) is 24.6 Å². The zero-order valence-electron chi connectivity index (χ0n) is 19.8. The quantitative estimate of drug-likeness (QED) is 0.558. The van der Waals surface area contributed by atoms with Gasteiger partial charge in [-0.15, -0.1) is 0 Å². The molecule has 36 heavy (non-hydrogen) atoms. The summed E-state index contributed by atoms with van der Waals surface area (Å²) in [4.78, 5) is 38.7. The minimum atomic E-state index is -0.471. The summed E-state index contributed by atoms with van der Waals surface area (Å²) in [5, 5.41) is 11.3. The van der Waals surface area contributed by atoms with Crippen molar-refractivity contribution in [2.75, 3.05) is 22.4 Å². The fourth-order valence-corrected chi connectivity index (χ4v) is 4.01. The van der Waals surface area contributed by atoms with Crippen LogP contribution in [0, 0.1) is 13.8 Å². The number of amides is 3. The van der Waals surface area contributed by atoms with Gasteiger partial charge in [0.15, 0.2) is 11.5 Å². The van der Waals surface area contributed by atoms with Crippen LogP contribution in [0.1, 0.15) is 34.3 Å². The highest BCUT2D eigenvalue weighted by Crippen LogP contribution is 2.34. The Morgan fingerprint density at radius 3 is 2.56 bits per heavy atom. The number of ether oxygens (including phenoxy) is 2. The summed E-state index contributed by atoms with van der Waals surface area (Å²) in [5.74, 6) is 0.113. The number of nitrogens with one attached hydrogen (secondary N) is 2. The Labute approximate surface area is 207 Å². The zero-order valence-corrected chi connectivity index (χ0v) is 19.8. The van der Waals surface area contributed by atoms with Gasteiger partial charge in [0.2, 0.25) is 12.7 Å². The molecule has 9 nitrogen and oxygen atoms in total. The Morgan fingerprint density at radius 1 is 0.889 bits per heavy atom. The number of aryl methyl sites for hydroxylation is 2. The molecule has 0 unspecified atom stereocenters. The number of carbonyl (C=O) groups is 3. The molecule has 3 aromatic rings. The molecule has 2 aliphatic heterocycles. The molecule has 0 spiro atoms. The fraction of sp³-hybridized carbons (Fsp3) is 0.185. The highest BCUT2D eigenvalue weighted by atomic mass is 16.7. The van der Waals surface area contributed by atoms with Crippen LogP contribution in [-0.4, -0.2) is 30.2 Å². The van der Waals surface area contributed by atoms with Crippen molar-refractivity contribution in [1.29, 1.82) is 0 Å². The number of para-hydroxylation sites is 1. The van der Waals surface area contributed by atoms with Crippen molar-refractivity contribution in [2.45, 2.75) is 26.7 Å². The van der Waals surface area contributed by atoms with Crippen LogP contribution in [-0.2, 0) is 9.59 Å². The van der Waals surface area contributed by atoms with Crippen LogP contribution in [0.15, 0.2) is 65.8 Å². The number of benzene rings is 3. The molecule has 0 aromatic heterocycles. The lowest BCUT2D eigenvalue weighted by molar-refractivity contribution is -0.118. The molecule has 0 fully saturated rings. The van der Waals surface area contributed by atoms with Gasteiger partial charge in [-0.1, -0.05) is 24.3 Å². The van der Waals surface area contributed by atoms with Crippen LogP contribution in [0.4, 0.5) is 17.1 Å². The monoisotopic (exact) mass is 484 g/mol. The van der Waals surface area contributed by atoms with Gasteiger partial charge in [0.1, 0.15) is 5.71 Å². The second kappa shape index (κ2) is 9.53. The first-order valence-corrected chi connectivity index (χ1v) is 11.5. The van der Waals surface area contributed by atoms with E-state index in [-0.39, 0.29) is 36.8 Å². The van der Waals surface area contributed by atoms with Gasteiger partial charge in [0.25, 0.3) is 11.8 Å². The maximum absolute atomic E-state index is 13.1. The molecule has 0 radical (unpaired) electrons. The molecule has 2 aliphatic rings. The summed E-state index contributed by atoms with van der Waals surface area (Å²) in [6.07, 6.45) is 0.365. The molecule has 0 saturated heterocycles. The van der Waals surface area contributed by atoms with Gasteiger partial charge in [-0.25, -0.2) is 5.01 Å². The molecule has 0 aliphatic carbocycles. The SMILES string of the molecule is Cc1ccc(C)c(N2N=C(C(=O)Nc3ccccc3C(=O)Nc3ccc4c(c3)OCO4)CCC2=O)c1. The fourth-order valence-electron chi connectivity index (χ4n) is 4.01. The van der Waals surface area contributed by atoms with Gasteiger partial charge >= 0.3 is 0 Å². The number of hydrogen-bond donors (Lipinski definition) is 2. The average Bonchev–Trinajstić information content (AvgIpc) is 3.34. The van der Waals surface area contributed by atoms with E-state index in [9.17, 15) is 14.4 Å². The molecule has 3 aromatic carbocycles. The first-order chi connectivity index (χ1) is 17.4. The highest BCUT2D eigenvalue weighted by Gasteiger charge is 2.27. The topological polar surface area (TPSA) is 109 Å². The van der Waals surface area contributed by atoms with E-state index >= 15 is 0 Å². The number of rotatable bonds is 5. The minimum Gasteiger partial charge on any atom is -0.454 e. The van der Waals surface area contributed by atoms with Gasteiger partial charge in [-0.3, -0.25) is 14.4 Å². The molecule has 2 heterocycles. The Bertz CT molecular complexity index is 1420. The standard InChI is InChI=1S/C27H24N4O5/c1-16-7-8-17(2)22(13-16)31-25(32)12-10-21(30-31)27(34)29-20-6-4-3-5-19(20)26(33)28-18-9-11-23-24(14-18)36-15-35-23/h3-9,11,13-14H,10,12,15H2,1-2H3,(H,28,33)(H,29,34). The smallest absolute Gasteiger partial charge is 0.271 e. The van der Waals surface area contributed by atoms with Crippen molar-refractivity contribution in [3.8, 4) is 11.5 Å². The molecule has 0 atom stereocenters. The Hall–Kier alpha value is -4.66. The van der Waals surface area contributed by atoms with Gasteiger partial charge in [0.05, 0.1) is 16.9 Å². The normalized spacial score (nSPS) is 14.3. The van der Waals surface area contributed by atoms with Crippen molar-refractivity contribution in [3.05, 3.63) is 77.4 Å². The summed E-state index contributed by atoms with van der Waals surface area (Å²) in [6, 6.07) is 17.5.